The lowest BCUT2D eigenvalue weighted by Crippen LogP contribution is -2.27. The number of aromatic nitrogens is 1. The molecule has 16 heavy (non-hydrogen) atoms. The first-order valence-corrected chi connectivity index (χ1v) is 4.98. The first kappa shape index (κ1) is 12.7. The van der Waals surface area contributed by atoms with E-state index in [1.807, 2.05) is 0 Å². The Morgan fingerprint density at radius 1 is 1.50 bits per heavy atom. The molecular weight excluding hydrogens is 235 g/mol. The number of ether oxygens (including phenoxy) is 1. The predicted molar refractivity (Wildman–Crippen MR) is 59.1 cm³/mol. The van der Waals surface area contributed by atoms with Crippen molar-refractivity contribution in [2.75, 3.05) is 5.32 Å². The third-order valence-electron chi connectivity index (χ3n) is 1.43. The normalized spacial score (nSPS) is 11.1. The monoisotopic (exact) mass is 246 g/mol. The maximum Gasteiger partial charge on any atom is 0.413 e. The minimum absolute atomic E-state index is 0.0593. The Hall–Kier alpha value is -1.36. The van der Waals surface area contributed by atoms with Gasteiger partial charge >= 0.3 is 6.09 Å². The largest absolute Gasteiger partial charge is 0.444 e. The van der Waals surface area contributed by atoms with Crippen LogP contribution >= 0.6 is 11.6 Å². The minimum atomic E-state index is -0.729. The van der Waals surface area contributed by atoms with Gasteiger partial charge < -0.3 is 4.74 Å². The number of rotatable bonds is 1. The lowest BCUT2D eigenvalue weighted by atomic mass is 10.2. The molecule has 0 fully saturated rings. The third-order valence-corrected chi connectivity index (χ3v) is 1.74. The molecular formula is C10H12ClFN2O2. The SMILES string of the molecule is CC(C)(C)OC(=O)Nc1nc(F)ccc1Cl. The molecule has 0 aromatic carbocycles. The van der Waals surface area contributed by atoms with Crippen LogP contribution in [0.5, 0.6) is 0 Å². The summed E-state index contributed by atoms with van der Waals surface area (Å²) in [4.78, 5) is 14.8. The molecule has 1 heterocycles. The Morgan fingerprint density at radius 2 is 2.12 bits per heavy atom. The summed E-state index contributed by atoms with van der Waals surface area (Å²) in [5.41, 5.74) is -0.635. The molecule has 0 saturated heterocycles. The number of anilines is 1. The molecule has 0 saturated carbocycles. The van der Waals surface area contributed by atoms with Crippen molar-refractivity contribution in [3.8, 4) is 0 Å². The molecule has 1 amide bonds. The van der Waals surface area contributed by atoms with Crippen molar-refractivity contribution in [2.24, 2.45) is 0 Å². The second-order valence-electron chi connectivity index (χ2n) is 4.09. The Morgan fingerprint density at radius 3 is 2.69 bits per heavy atom. The summed E-state index contributed by atoms with van der Waals surface area (Å²) < 4.78 is 17.7. The summed E-state index contributed by atoms with van der Waals surface area (Å²) in [6.07, 6.45) is -0.729. The van der Waals surface area contributed by atoms with Gasteiger partial charge in [0, 0.05) is 0 Å². The van der Waals surface area contributed by atoms with Crippen LogP contribution in [0.25, 0.3) is 0 Å². The van der Waals surface area contributed by atoms with Crippen LogP contribution < -0.4 is 5.32 Å². The highest BCUT2D eigenvalue weighted by molar-refractivity contribution is 6.33. The molecule has 88 valence electrons. The Kier molecular flexibility index (Phi) is 3.70. The fourth-order valence-electron chi connectivity index (χ4n) is 0.906. The highest BCUT2D eigenvalue weighted by Gasteiger charge is 2.17. The molecule has 6 heteroatoms. The van der Waals surface area contributed by atoms with Gasteiger partial charge in [-0.05, 0) is 32.9 Å². The zero-order valence-corrected chi connectivity index (χ0v) is 9.93. The van der Waals surface area contributed by atoms with Crippen molar-refractivity contribution in [1.82, 2.24) is 4.98 Å². The number of carbonyl (C=O) groups excluding carboxylic acids is 1. The molecule has 0 unspecified atom stereocenters. The van der Waals surface area contributed by atoms with Gasteiger partial charge in [0.25, 0.3) is 0 Å². The van der Waals surface area contributed by atoms with Crippen LogP contribution in [0.15, 0.2) is 12.1 Å². The van der Waals surface area contributed by atoms with E-state index >= 15 is 0 Å². The van der Waals surface area contributed by atoms with Gasteiger partial charge in [0.15, 0.2) is 5.82 Å². The van der Waals surface area contributed by atoms with Crippen LogP contribution in [0.2, 0.25) is 5.02 Å². The molecule has 0 aliphatic rings. The first-order chi connectivity index (χ1) is 7.28. The molecule has 0 radical (unpaired) electrons. The van der Waals surface area contributed by atoms with E-state index in [4.69, 9.17) is 16.3 Å². The van der Waals surface area contributed by atoms with Gasteiger partial charge in [-0.15, -0.1) is 0 Å². The molecule has 0 aliphatic heterocycles. The van der Waals surface area contributed by atoms with Crippen LogP contribution in [0.4, 0.5) is 15.0 Å². The number of carbonyl (C=O) groups is 1. The Bertz CT molecular complexity index is 404. The van der Waals surface area contributed by atoms with Crippen LogP contribution in [0.3, 0.4) is 0 Å². The average Bonchev–Trinajstić information content (AvgIpc) is 2.08. The fourth-order valence-corrected chi connectivity index (χ4v) is 1.06. The molecule has 0 aliphatic carbocycles. The number of hydrogen-bond donors (Lipinski definition) is 1. The number of pyridine rings is 1. The van der Waals surface area contributed by atoms with Crippen molar-refractivity contribution in [2.45, 2.75) is 26.4 Å². The summed E-state index contributed by atoms with van der Waals surface area (Å²) in [5, 5.41) is 2.41. The zero-order chi connectivity index (χ0) is 12.3. The number of nitrogens with zero attached hydrogens (tertiary/aromatic N) is 1. The van der Waals surface area contributed by atoms with E-state index in [9.17, 15) is 9.18 Å². The van der Waals surface area contributed by atoms with Crippen LogP contribution in [0.1, 0.15) is 20.8 Å². The molecule has 0 atom stereocenters. The third kappa shape index (κ3) is 4.02. The van der Waals surface area contributed by atoms with Crippen molar-refractivity contribution < 1.29 is 13.9 Å². The van der Waals surface area contributed by atoms with E-state index in [0.29, 0.717) is 0 Å². The maximum absolute atomic E-state index is 12.8. The summed E-state index contributed by atoms with van der Waals surface area (Å²) in [7, 11) is 0. The fraction of sp³-hybridized carbons (Fsp3) is 0.400. The topological polar surface area (TPSA) is 51.2 Å². The van der Waals surface area contributed by atoms with Crippen molar-refractivity contribution >= 4 is 23.5 Å². The number of nitrogens with one attached hydrogen (secondary N) is 1. The standard InChI is InChI=1S/C10H12ClFN2O2/c1-10(2,3)16-9(15)14-8-6(11)4-5-7(12)13-8/h4-5H,1-3H3,(H,13,14,15). The van der Waals surface area contributed by atoms with Crippen LogP contribution in [-0.4, -0.2) is 16.7 Å². The molecule has 1 aromatic heterocycles. The second-order valence-corrected chi connectivity index (χ2v) is 4.50. The predicted octanol–water partition coefficient (Wildman–Crippen LogP) is 3.22. The van der Waals surface area contributed by atoms with Crippen molar-refractivity contribution in [1.29, 1.82) is 0 Å². The van der Waals surface area contributed by atoms with E-state index in [1.165, 1.54) is 6.07 Å². The smallest absolute Gasteiger partial charge is 0.413 e. The molecule has 0 spiro atoms. The van der Waals surface area contributed by atoms with Gasteiger partial charge in [0.1, 0.15) is 5.60 Å². The van der Waals surface area contributed by atoms with Crippen molar-refractivity contribution in [3.63, 3.8) is 0 Å². The number of halogens is 2. The van der Waals surface area contributed by atoms with E-state index in [-0.39, 0.29) is 10.8 Å². The van der Waals surface area contributed by atoms with Gasteiger partial charge in [-0.25, -0.2) is 9.78 Å². The van der Waals surface area contributed by atoms with Gasteiger partial charge in [-0.2, -0.15) is 4.39 Å². The minimum Gasteiger partial charge on any atom is -0.444 e. The zero-order valence-electron chi connectivity index (χ0n) is 9.17. The molecule has 1 N–H and O–H groups in total. The number of amides is 1. The van der Waals surface area contributed by atoms with E-state index in [2.05, 4.69) is 10.3 Å². The van der Waals surface area contributed by atoms with Gasteiger partial charge in [-0.1, -0.05) is 11.6 Å². The summed E-state index contributed by atoms with van der Waals surface area (Å²) in [6.45, 7) is 5.15. The van der Waals surface area contributed by atoms with E-state index in [1.54, 1.807) is 20.8 Å². The van der Waals surface area contributed by atoms with Crippen LogP contribution in [0, 0.1) is 5.95 Å². The highest BCUT2D eigenvalue weighted by Crippen LogP contribution is 2.19. The Labute approximate surface area is 97.8 Å². The summed E-state index contributed by atoms with van der Waals surface area (Å²) >= 11 is 5.71. The van der Waals surface area contributed by atoms with Gasteiger partial charge in [0.2, 0.25) is 5.95 Å². The van der Waals surface area contributed by atoms with E-state index < -0.39 is 17.6 Å². The van der Waals surface area contributed by atoms with E-state index in [0.717, 1.165) is 6.07 Å². The number of hydrogen-bond acceptors (Lipinski definition) is 3. The lowest BCUT2D eigenvalue weighted by Gasteiger charge is -2.19. The maximum atomic E-state index is 12.8. The highest BCUT2D eigenvalue weighted by atomic mass is 35.5. The van der Waals surface area contributed by atoms with Gasteiger partial charge in [-0.3, -0.25) is 5.32 Å². The van der Waals surface area contributed by atoms with Crippen molar-refractivity contribution in [3.05, 3.63) is 23.1 Å². The first-order valence-electron chi connectivity index (χ1n) is 4.60. The molecule has 1 rings (SSSR count). The Balaban J connectivity index is 2.73. The average molecular weight is 247 g/mol. The summed E-state index contributed by atoms with van der Waals surface area (Å²) in [5.74, 6) is -0.786. The molecule has 0 bridgehead atoms. The quantitative estimate of drug-likeness (QED) is 0.774. The molecule has 4 nitrogen and oxygen atoms in total. The van der Waals surface area contributed by atoms with Crippen LogP contribution in [-0.2, 0) is 4.74 Å². The summed E-state index contributed by atoms with van der Waals surface area (Å²) in [6, 6.07) is 2.40. The second kappa shape index (κ2) is 4.65. The molecule has 1 aromatic rings. The van der Waals surface area contributed by atoms with Gasteiger partial charge in [0.05, 0.1) is 5.02 Å². The lowest BCUT2D eigenvalue weighted by molar-refractivity contribution is 0.0635.